The molecule has 1 aromatic heterocycles. The van der Waals surface area contributed by atoms with Gasteiger partial charge in [-0.25, -0.2) is 4.57 Å². The zero-order chi connectivity index (χ0) is 9.54. The highest BCUT2D eigenvalue weighted by atomic mass is 16.5. The maximum Gasteiger partial charge on any atom is 0.216 e. The number of aromatic nitrogens is 1. The van der Waals surface area contributed by atoms with E-state index in [9.17, 15) is 0 Å². The molecule has 0 saturated heterocycles. The molecule has 0 atom stereocenters. The predicted molar refractivity (Wildman–Crippen MR) is 54.3 cm³/mol. The van der Waals surface area contributed by atoms with E-state index in [2.05, 4.69) is 42.1 Å². The molecule has 0 fully saturated rings. The zero-order valence-electron chi connectivity index (χ0n) is 8.16. The number of ether oxygens (including phenoxy) is 1. The summed E-state index contributed by atoms with van der Waals surface area (Å²) in [6.45, 7) is 0.823. The van der Waals surface area contributed by atoms with Gasteiger partial charge < -0.3 is 4.74 Å². The normalized spacial score (nSPS) is 14.1. The van der Waals surface area contributed by atoms with Crippen molar-refractivity contribution in [2.24, 2.45) is 7.05 Å². The number of para-hydroxylation sites is 1. The Morgan fingerprint density at radius 1 is 1.29 bits per heavy atom. The average Bonchev–Trinajstić information content (AvgIpc) is 2.66. The molecule has 0 aliphatic carbocycles. The van der Waals surface area contributed by atoms with Gasteiger partial charge in [0.15, 0.2) is 6.20 Å². The van der Waals surface area contributed by atoms with Crippen LogP contribution < -0.4 is 9.30 Å². The molecule has 0 saturated carbocycles. The predicted octanol–water partition coefficient (Wildman–Crippen LogP) is 1.60. The topological polar surface area (TPSA) is 13.1 Å². The maximum absolute atomic E-state index is 5.65. The fraction of sp³-hybridized carbons (Fsp3) is 0.250. The molecule has 1 aromatic carbocycles. The largest absolute Gasteiger partial charge is 0.492 e. The molecule has 1 aliphatic heterocycles. The van der Waals surface area contributed by atoms with Crippen LogP contribution in [-0.4, -0.2) is 6.61 Å². The first kappa shape index (κ1) is 7.80. The lowest BCUT2D eigenvalue weighted by molar-refractivity contribution is -0.645. The minimum Gasteiger partial charge on any atom is -0.492 e. The maximum atomic E-state index is 5.65. The summed E-state index contributed by atoms with van der Waals surface area (Å²) in [4.78, 5) is 0. The van der Waals surface area contributed by atoms with Gasteiger partial charge >= 0.3 is 0 Å². The Balaban J connectivity index is 2.47. The second-order valence-electron chi connectivity index (χ2n) is 3.71. The number of rotatable bonds is 0. The van der Waals surface area contributed by atoms with Crippen LogP contribution in [0.4, 0.5) is 0 Å². The minimum atomic E-state index is 0.823. The van der Waals surface area contributed by atoms with Crippen LogP contribution in [0.5, 0.6) is 5.75 Å². The van der Waals surface area contributed by atoms with E-state index < -0.39 is 0 Å². The molecule has 0 spiro atoms. The van der Waals surface area contributed by atoms with Crippen LogP contribution in [0.15, 0.2) is 30.5 Å². The van der Waals surface area contributed by atoms with Crippen LogP contribution in [0.3, 0.4) is 0 Å². The Morgan fingerprint density at radius 3 is 3.07 bits per heavy atom. The van der Waals surface area contributed by atoms with Crippen LogP contribution in [0.1, 0.15) is 5.56 Å². The molecule has 0 radical (unpaired) electrons. The Hall–Kier alpha value is -1.57. The molecule has 0 bridgehead atoms. The van der Waals surface area contributed by atoms with E-state index in [1.54, 1.807) is 0 Å². The number of hydrogen-bond acceptors (Lipinski definition) is 1. The van der Waals surface area contributed by atoms with Crippen molar-refractivity contribution in [2.75, 3.05) is 6.61 Å². The fourth-order valence-electron chi connectivity index (χ4n) is 2.12. The first-order valence-electron chi connectivity index (χ1n) is 4.89. The Labute approximate surface area is 82.7 Å². The van der Waals surface area contributed by atoms with Crippen LogP contribution in [-0.2, 0) is 13.5 Å². The third kappa shape index (κ3) is 0.939. The highest BCUT2D eigenvalue weighted by molar-refractivity contribution is 5.84. The molecular weight excluding hydrogens is 174 g/mol. The molecule has 0 N–H and O–H groups in total. The van der Waals surface area contributed by atoms with Crippen molar-refractivity contribution in [2.45, 2.75) is 6.42 Å². The van der Waals surface area contributed by atoms with Crippen molar-refractivity contribution >= 4 is 10.9 Å². The summed E-state index contributed by atoms with van der Waals surface area (Å²) in [6, 6.07) is 8.37. The first-order valence-corrected chi connectivity index (χ1v) is 4.89. The van der Waals surface area contributed by atoms with Gasteiger partial charge in [-0.2, -0.15) is 0 Å². The summed E-state index contributed by atoms with van der Waals surface area (Å²) >= 11 is 0. The quantitative estimate of drug-likeness (QED) is 0.569. The first-order chi connectivity index (χ1) is 6.86. The highest BCUT2D eigenvalue weighted by Crippen LogP contribution is 2.31. The van der Waals surface area contributed by atoms with E-state index in [4.69, 9.17) is 4.74 Å². The van der Waals surface area contributed by atoms with Gasteiger partial charge in [0.2, 0.25) is 5.52 Å². The van der Waals surface area contributed by atoms with Gasteiger partial charge in [0, 0.05) is 12.5 Å². The molecule has 2 heteroatoms. The molecule has 3 rings (SSSR count). The fourth-order valence-corrected chi connectivity index (χ4v) is 2.12. The lowest BCUT2D eigenvalue weighted by Crippen LogP contribution is -2.28. The SMILES string of the molecule is C[n+]1cc2c(c3ccccc31)OCC2. The number of benzene rings is 1. The van der Waals surface area contributed by atoms with E-state index in [1.807, 2.05) is 0 Å². The summed E-state index contributed by atoms with van der Waals surface area (Å²) in [7, 11) is 2.08. The zero-order valence-corrected chi connectivity index (χ0v) is 8.16. The van der Waals surface area contributed by atoms with Gasteiger partial charge in [-0.15, -0.1) is 0 Å². The number of pyridine rings is 1. The minimum absolute atomic E-state index is 0.823. The van der Waals surface area contributed by atoms with E-state index in [1.165, 1.54) is 16.5 Å². The summed E-state index contributed by atoms with van der Waals surface area (Å²) in [5, 5.41) is 1.23. The summed E-state index contributed by atoms with van der Waals surface area (Å²) < 4.78 is 7.82. The van der Waals surface area contributed by atoms with Gasteiger partial charge in [-0.1, -0.05) is 12.1 Å². The van der Waals surface area contributed by atoms with E-state index >= 15 is 0 Å². The second-order valence-corrected chi connectivity index (χ2v) is 3.71. The number of nitrogens with zero attached hydrogens (tertiary/aromatic N) is 1. The highest BCUT2D eigenvalue weighted by Gasteiger charge is 2.20. The molecule has 1 aliphatic rings. The molecule has 14 heavy (non-hydrogen) atoms. The van der Waals surface area contributed by atoms with Crippen molar-refractivity contribution in [1.82, 2.24) is 0 Å². The standard InChI is InChI=1S/C12H12NO/c1-13-8-9-6-7-14-12(9)10-4-2-3-5-11(10)13/h2-5,8H,6-7H2,1H3/q+1. The van der Waals surface area contributed by atoms with Crippen molar-refractivity contribution in [1.29, 1.82) is 0 Å². The third-order valence-corrected chi connectivity index (χ3v) is 2.79. The molecule has 0 unspecified atom stereocenters. The molecule has 0 amide bonds. The summed E-state index contributed by atoms with van der Waals surface area (Å²) in [6.07, 6.45) is 3.21. The van der Waals surface area contributed by atoms with Crippen LogP contribution in [0.25, 0.3) is 10.9 Å². The van der Waals surface area contributed by atoms with Crippen molar-refractivity contribution in [3.8, 4) is 5.75 Å². The van der Waals surface area contributed by atoms with E-state index in [0.29, 0.717) is 0 Å². The van der Waals surface area contributed by atoms with Crippen LogP contribution >= 0.6 is 0 Å². The molecular formula is C12H12NO+. The number of fused-ring (bicyclic) bond motifs is 3. The molecule has 70 valence electrons. The summed E-state index contributed by atoms with van der Waals surface area (Å²) in [5.74, 6) is 1.08. The lowest BCUT2D eigenvalue weighted by Gasteiger charge is -2.02. The molecule has 2 heterocycles. The lowest BCUT2D eigenvalue weighted by atomic mass is 10.1. The smallest absolute Gasteiger partial charge is 0.216 e. The molecule has 2 nitrogen and oxygen atoms in total. The van der Waals surface area contributed by atoms with Crippen LogP contribution in [0, 0.1) is 0 Å². The third-order valence-electron chi connectivity index (χ3n) is 2.79. The monoisotopic (exact) mass is 186 g/mol. The number of hydrogen-bond donors (Lipinski definition) is 0. The van der Waals surface area contributed by atoms with Crippen molar-refractivity contribution < 1.29 is 9.30 Å². The Kier molecular flexibility index (Phi) is 1.51. The average molecular weight is 186 g/mol. The number of aryl methyl sites for hydroxylation is 1. The van der Waals surface area contributed by atoms with Gasteiger partial charge in [-0.3, -0.25) is 0 Å². The van der Waals surface area contributed by atoms with E-state index in [-0.39, 0.29) is 0 Å². The van der Waals surface area contributed by atoms with E-state index in [0.717, 1.165) is 18.8 Å². The second kappa shape index (κ2) is 2.71. The Morgan fingerprint density at radius 2 is 2.14 bits per heavy atom. The van der Waals surface area contributed by atoms with Gasteiger partial charge in [0.05, 0.1) is 17.6 Å². The van der Waals surface area contributed by atoms with Crippen LogP contribution in [0.2, 0.25) is 0 Å². The van der Waals surface area contributed by atoms with Crippen molar-refractivity contribution in [3.63, 3.8) is 0 Å². The van der Waals surface area contributed by atoms with Crippen molar-refractivity contribution in [3.05, 3.63) is 36.0 Å². The summed E-state index contributed by atoms with van der Waals surface area (Å²) in [5.41, 5.74) is 2.55. The van der Waals surface area contributed by atoms with Gasteiger partial charge in [0.1, 0.15) is 12.8 Å². The Bertz CT molecular complexity index is 505. The molecule has 2 aromatic rings. The van der Waals surface area contributed by atoms with Gasteiger partial charge in [-0.05, 0) is 6.07 Å². The van der Waals surface area contributed by atoms with Gasteiger partial charge in [0.25, 0.3) is 0 Å².